The highest BCUT2D eigenvalue weighted by Crippen LogP contribution is 2.22. The summed E-state index contributed by atoms with van der Waals surface area (Å²) in [5.41, 5.74) is 12.4. The van der Waals surface area contributed by atoms with Crippen LogP contribution in [0, 0.1) is 11.3 Å². The van der Waals surface area contributed by atoms with Crippen LogP contribution in [-0.4, -0.2) is 31.7 Å². The molecule has 0 aromatic heterocycles. The van der Waals surface area contributed by atoms with Gasteiger partial charge < -0.3 is 21.1 Å². The van der Waals surface area contributed by atoms with Crippen molar-refractivity contribution in [2.75, 3.05) is 30.3 Å². The maximum absolute atomic E-state index is 11.2. The Morgan fingerprint density at radius 3 is 3.00 bits per heavy atom. The first kappa shape index (κ1) is 12.2. The molecule has 0 spiro atoms. The van der Waals surface area contributed by atoms with Crippen molar-refractivity contribution in [2.24, 2.45) is 5.73 Å². The Labute approximate surface area is 105 Å². The fraction of sp³-hybridized carbons (Fsp3) is 0.333. The van der Waals surface area contributed by atoms with E-state index in [0.717, 1.165) is 5.69 Å². The molecule has 1 aliphatic heterocycles. The molecule has 6 heteroatoms. The summed E-state index contributed by atoms with van der Waals surface area (Å²) in [5.74, 6) is -0.556. The maximum Gasteiger partial charge on any atom is 0.250 e. The van der Waals surface area contributed by atoms with Crippen LogP contribution in [0.25, 0.3) is 0 Å². The minimum absolute atomic E-state index is 0.299. The first-order valence-corrected chi connectivity index (χ1v) is 5.57. The molecular formula is C12H14N4O2. The molecule has 4 N–H and O–H groups in total. The zero-order chi connectivity index (χ0) is 13.1. The van der Waals surface area contributed by atoms with Gasteiger partial charge >= 0.3 is 0 Å². The summed E-state index contributed by atoms with van der Waals surface area (Å²) in [6.45, 7) is 1.62. The monoisotopic (exact) mass is 246 g/mol. The standard InChI is InChI=1S/C12H14N4O2/c13-6-9-7-16(3-4-18-9)8-1-2-11(14)10(5-8)12(15)17/h1-2,5,9H,3-4,7,14H2,(H2,15,17). The molecule has 1 amide bonds. The normalized spacial score (nSPS) is 19.3. The van der Waals surface area contributed by atoms with Gasteiger partial charge in [0.05, 0.1) is 24.8 Å². The van der Waals surface area contributed by atoms with Gasteiger partial charge in [0.15, 0.2) is 6.10 Å². The number of morpholine rings is 1. The molecule has 0 radical (unpaired) electrons. The third-order valence-corrected chi connectivity index (χ3v) is 2.88. The highest BCUT2D eigenvalue weighted by atomic mass is 16.5. The summed E-state index contributed by atoms with van der Waals surface area (Å²) in [6.07, 6.45) is -0.451. The van der Waals surface area contributed by atoms with Gasteiger partial charge in [0, 0.05) is 17.9 Å². The molecule has 1 aliphatic rings. The molecular weight excluding hydrogens is 232 g/mol. The Morgan fingerprint density at radius 2 is 2.33 bits per heavy atom. The maximum atomic E-state index is 11.2. The predicted molar refractivity (Wildman–Crippen MR) is 66.9 cm³/mol. The number of hydrogen-bond donors (Lipinski definition) is 2. The molecule has 0 saturated carbocycles. The number of rotatable bonds is 2. The largest absolute Gasteiger partial charge is 0.398 e. The van der Waals surface area contributed by atoms with E-state index in [1.165, 1.54) is 0 Å². The van der Waals surface area contributed by atoms with Crippen LogP contribution in [0.3, 0.4) is 0 Å². The number of primary amides is 1. The van der Waals surface area contributed by atoms with Gasteiger partial charge in [0.2, 0.25) is 0 Å². The fourth-order valence-electron chi connectivity index (χ4n) is 1.92. The third kappa shape index (κ3) is 2.36. The summed E-state index contributed by atoms with van der Waals surface area (Å²) in [4.78, 5) is 13.2. The SMILES string of the molecule is N#CC1CN(c2ccc(N)c(C(N)=O)c2)CCO1. The van der Waals surface area contributed by atoms with E-state index < -0.39 is 12.0 Å². The highest BCUT2D eigenvalue weighted by Gasteiger charge is 2.21. The van der Waals surface area contributed by atoms with E-state index in [9.17, 15) is 4.79 Å². The van der Waals surface area contributed by atoms with Gasteiger partial charge in [0.1, 0.15) is 0 Å². The van der Waals surface area contributed by atoms with Gasteiger partial charge in [-0.05, 0) is 18.2 Å². The lowest BCUT2D eigenvalue weighted by molar-refractivity contribution is 0.0764. The van der Waals surface area contributed by atoms with Crippen LogP contribution in [0.2, 0.25) is 0 Å². The number of ether oxygens (including phenoxy) is 1. The van der Waals surface area contributed by atoms with Crippen LogP contribution < -0.4 is 16.4 Å². The summed E-state index contributed by atoms with van der Waals surface area (Å²) in [7, 11) is 0. The number of nitriles is 1. The van der Waals surface area contributed by atoms with E-state index in [-0.39, 0.29) is 0 Å². The number of amides is 1. The van der Waals surface area contributed by atoms with Crippen LogP contribution in [-0.2, 0) is 4.74 Å². The molecule has 1 unspecified atom stereocenters. The first-order valence-electron chi connectivity index (χ1n) is 5.57. The summed E-state index contributed by atoms with van der Waals surface area (Å²) in [6, 6.07) is 7.17. The molecule has 18 heavy (non-hydrogen) atoms. The molecule has 1 aromatic carbocycles. The Bertz CT molecular complexity index is 509. The minimum atomic E-state index is -0.556. The van der Waals surface area contributed by atoms with Crippen LogP contribution >= 0.6 is 0 Å². The lowest BCUT2D eigenvalue weighted by atomic mass is 10.1. The average molecular weight is 246 g/mol. The lowest BCUT2D eigenvalue weighted by Gasteiger charge is -2.31. The summed E-state index contributed by atoms with van der Waals surface area (Å²) >= 11 is 0. The van der Waals surface area contributed by atoms with Crippen molar-refractivity contribution in [3.63, 3.8) is 0 Å². The van der Waals surface area contributed by atoms with Crippen LogP contribution in [0.4, 0.5) is 11.4 Å². The van der Waals surface area contributed by atoms with Gasteiger partial charge in [-0.2, -0.15) is 5.26 Å². The number of nitrogens with zero attached hydrogens (tertiary/aromatic N) is 2. The molecule has 6 nitrogen and oxygen atoms in total. The van der Waals surface area contributed by atoms with E-state index in [1.807, 2.05) is 11.0 Å². The third-order valence-electron chi connectivity index (χ3n) is 2.88. The summed E-state index contributed by atoms with van der Waals surface area (Å²) in [5, 5.41) is 8.85. The van der Waals surface area contributed by atoms with E-state index in [4.69, 9.17) is 21.5 Å². The second-order valence-corrected chi connectivity index (χ2v) is 4.07. The highest BCUT2D eigenvalue weighted by molar-refractivity contribution is 5.99. The quantitative estimate of drug-likeness (QED) is 0.720. The molecule has 2 rings (SSSR count). The van der Waals surface area contributed by atoms with E-state index >= 15 is 0 Å². The van der Waals surface area contributed by atoms with Crippen molar-refractivity contribution in [3.8, 4) is 6.07 Å². The molecule has 1 aromatic rings. The lowest BCUT2D eigenvalue weighted by Crippen LogP contribution is -2.41. The Kier molecular flexibility index (Phi) is 3.35. The predicted octanol–water partition coefficient (Wildman–Crippen LogP) is 0.0965. The van der Waals surface area contributed by atoms with Crippen LogP contribution in [0.1, 0.15) is 10.4 Å². The Morgan fingerprint density at radius 1 is 1.56 bits per heavy atom. The summed E-state index contributed by atoms with van der Waals surface area (Å²) < 4.78 is 5.26. The van der Waals surface area contributed by atoms with Crippen LogP contribution in [0.5, 0.6) is 0 Å². The van der Waals surface area contributed by atoms with E-state index in [1.54, 1.807) is 12.1 Å². The van der Waals surface area contributed by atoms with Gasteiger partial charge in [-0.3, -0.25) is 4.79 Å². The van der Waals surface area contributed by atoms with E-state index in [0.29, 0.717) is 30.9 Å². The van der Waals surface area contributed by atoms with Crippen molar-refractivity contribution in [1.82, 2.24) is 0 Å². The van der Waals surface area contributed by atoms with Crippen molar-refractivity contribution >= 4 is 17.3 Å². The van der Waals surface area contributed by atoms with Gasteiger partial charge in [-0.1, -0.05) is 0 Å². The number of carbonyl (C=O) groups is 1. The van der Waals surface area contributed by atoms with Gasteiger partial charge in [-0.25, -0.2) is 0 Å². The molecule has 0 aliphatic carbocycles. The molecule has 1 heterocycles. The molecule has 1 fully saturated rings. The number of nitrogen functional groups attached to an aromatic ring is 1. The van der Waals surface area contributed by atoms with Gasteiger partial charge in [-0.15, -0.1) is 0 Å². The first-order chi connectivity index (χ1) is 8.61. The second kappa shape index (κ2) is 4.94. The van der Waals surface area contributed by atoms with Crippen molar-refractivity contribution in [3.05, 3.63) is 23.8 Å². The Balaban J connectivity index is 2.26. The molecule has 94 valence electrons. The minimum Gasteiger partial charge on any atom is -0.398 e. The Hall–Kier alpha value is -2.26. The van der Waals surface area contributed by atoms with Crippen molar-refractivity contribution in [1.29, 1.82) is 5.26 Å². The average Bonchev–Trinajstić information content (AvgIpc) is 2.39. The molecule has 1 atom stereocenters. The second-order valence-electron chi connectivity index (χ2n) is 4.07. The van der Waals surface area contributed by atoms with Crippen LogP contribution in [0.15, 0.2) is 18.2 Å². The molecule has 0 bridgehead atoms. The van der Waals surface area contributed by atoms with Crippen molar-refractivity contribution in [2.45, 2.75) is 6.10 Å². The molecule has 1 saturated heterocycles. The number of benzene rings is 1. The number of anilines is 2. The van der Waals surface area contributed by atoms with Gasteiger partial charge in [0.25, 0.3) is 5.91 Å². The van der Waals surface area contributed by atoms with Crippen molar-refractivity contribution < 1.29 is 9.53 Å². The topological polar surface area (TPSA) is 105 Å². The number of nitrogens with two attached hydrogens (primary N) is 2. The van der Waals surface area contributed by atoms with E-state index in [2.05, 4.69) is 6.07 Å². The number of hydrogen-bond acceptors (Lipinski definition) is 5. The fourth-order valence-corrected chi connectivity index (χ4v) is 1.92. The number of carbonyl (C=O) groups excluding carboxylic acids is 1. The smallest absolute Gasteiger partial charge is 0.250 e. The zero-order valence-electron chi connectivity index (χ0n) is 9.80. The zero-order valence-corrected chi connectivity index (χ0v) is 9.80.